The summed E-state index contributed by atoms with van der Waals surface area (Å²) in [4.78, 5) is 0. The first-order valence-electron chi connectivity index (χ1n) is 6.38. The summed E-state index contributed by atoms with van der Waals surface area (Å²) < 4.78 is 6.17. The Morgan fingerprint density at radius 3 is 2.10 bits per heavy atom. The first-order valence-corrected chi connectivity index (χ1v) is 7.18. The number of ether oxygens (including phenoxy) is 1. The van der Waals surface area contributed by atoms with Gasteiger partial charge in [-0.15, -0.1) is 0 Å². The highest BCUT2D eigenvalue weighted by atomic mass is 79.9. The molecule has 106 valence electrons. The average molecular weight is 337 g/mol. The van der Waals surface area contributed by atoms with E-state index in [0.717, 1.165) is 4.47 Å². The van der Waals surface area contributed by atoms with Crippen LogP contribution < -0.4 is 4.74 Å². The molecule has 0 aromatic heterocycles. The summed E-state index contributed by atoms with van der Waals surface area (Å²) in [5.74, 6) is -0.756. The third-order valence-corrected chi connectivity index (χ3v) is 3.42. The second-order valence-corrected chi connectivity index (χ2v) is 5.70. The second kappa shape index (κ2) is 6.39. The fourth-order valence-corrected chi connectivity index (χ4v) is 2.08. The van der Waals surface area contributed by atoms with Crippen molar-refractivity contribution in [1.29, 1.82) is 0 Å². The quantitative estimate of drug-likeness (QED) is 0.719. The van der Waals surface area contributed by atoms with Crippen LogP contribution in [0.5, 0.6) is 5.75 Å². The lowest BCUT2D eigenvalue weighted by Crippen LogP contribution is -2.32. The smallest absolute Gasteiger partial charge is 0.207 e. The van der Waals surface area contributed by atoms with Gasteiger partial charge in [0.1, 0.15) is 5.75 Å². The Labute approximate surface area is 126 Å². The maximum Gasteiger partial charge on any atom is 0.207 e. The highest BCUT2D eigenvalue weighted by Crippen LogP contribution is 2.22. The van der Waals surface area contributed by atoms with Gasteiger partial charge in [-0.3, -0.25) is 0 Å². The van der Waals surface area contributed by atoms with Gasteiger partial charge in [-0.1, -0.05) is 46.3 Å². The van der Waals surface area contributed by atoms with Gasteiger partial charge >= 0.3 is 0 Å². The number of rotatable bonds is 4. The van der Waals surface area contributed by atoms with E-state index in [1.807, 2.05) is 12.1 Å². The largest absolute Gasteiger partial charge is 0.463 e. The minimum atomic E-state index is -1.32. The van der Waals surface area contributed by atoms with Crippen LogP contribution in [0.2, 0.25) is 0 Å². The summed E-state index contributed by atoms with van der Waals surface area (Å²) in [5.41, 5.74) is 0. The fraction of sp³-hybridized carbons (Fsp3) is 0.250. The van der Waals surface area contributed by atoms with Gasteiger partial charge < -0.3 is 14.9 Å². The molecule has 20 heavy (non-hydrogen) atoms. The lowest BCUT2D eigenvalue weighted by atomic mass is 10.1. The molecule has 2 aliphatic carbocycles. The van der Waals surface area contributed by atoms with Crippen molar-refractivity contribution in [3.63, 3.8) is 0 Å². The maximum absolute atomic E-state index is 9.66. The van der Waals surface area contributed by atoms with Gasteiger partial charge in [0.2, 0.25) is 5.79 Å². The monoisotopic (exact) mass is 336 g/mol. The van der Waals surface area contributed by atoms with Gasteiger partial charge in [0.25, 0.3) is 0 Å². The van der Waals surface area contributed by atoms with Gasteiger partial charge in [0.15, 0.2) is 0 Å². The van der Waals surface area contributed by atoms with Crippen LogP contribution in [-0.4, -0.2) is 22.6 Å². The van der Waals surface area contributed by atoms with Crippen LogP contribution in [0.25, 0.3) is 0 Å². The lowest BCUT2D eigenvalue weighted by Gasteiger charge is -2.23. The summed E-state index contributed by atoms with van der Waals surface area (Å²) in [5, 5.41) is 21.2. The summed E-state index contributed by atoms with van der Waals surface area (Å²) in [6, 6.07) is 15.7. The number of hydrogen-bond donors (Lipinski definition) is 2. The molecule has 0 heterocycles. The van der Waals surface area contributed by atoms with E-state index in [0.29, 0.717) is 5.75 Å². The zero-order valence-corrected chi connectivity index (χ0v) is 12.8. The highest BCUT2D eigenvalue weighted by molar-refractivity contribution is 9.10. The number of benzene rings is 2. The van der Waals surface area contributed by atoms with Gasteiger partial charge in [-0.25, -0.2) is 0 Å². The van der Waals surface area contributed by atoms with Crippen LogP contribution in [0.3, 0.4) is 0 Å². The topological polar surface area (TPSA) is 49.7 Å². The second-order valence-electron chi connectivity index (χ2n) is 4.79. The number of aliphatic hydroxyl groups excluding tert-OH is 1. The van der Waals surface area contributed by atoms with E-state index in [1.54, 1.807) is 12.1 Å². The summed E-state index contributed by atoms with van der Waals surface area (Å²) in [6.45, 7) is 1.41. The number of aliphatic hydroxyl groups is 2. The van der Waals surface area contributed by atoms with E-state index >= 15 is 0 Å². The SMILES string of the molecule is CC(O)(CCO)Oc1cccc(Br)c1.c1cc2ccc1=2. The minimum Gasteiger partial charge on any atom is -0.463 e. The summed E-state index contributed by atoms with van der Waals surface area (Å²) in [6.07, 6.45) is 0.180. The molecule has 0 bridgehead atoms. The zero-order valence-electron chi connectivity index (χ0n) is 11.2. The van der Waals surface area contributed by atoms with Crippen molar-refractivity contribution in [1.82, 2.24) is 0 Å². The van der Waals surface area contributed by atoms with E-state index < -0.39 is 5.79 Å². The van der Waals surface area contributed by atoms with Gasteiger partial charge in [0, 0.05) is 24.4 Å². The molecule has 0 saturated heterocycles. The minimum absolute atomic E-state index is 0.110. The molecule has 0 aliphatic heterocycles. The molecule has 2 N–H and O–H groups in total. The molecule has 3 nitrogen and oxygen atoms in total. The van der Waals surface area contributed by atoms with Crippen LogP contribution >= 0.6 is 15.9 Å². The molecular weight excluding hydrogens is 320 g/mol. The predicted octanol–water partition coefficient (Wildman–Crippen LogP) is 3.21. The van der Waals surface area contributed by atoms with Crippen LogP contribution in [-0.2, 0) is 0 Å². The van der Waals surface area contributed by atoms with Gasteiger partial charge in [-0.2, -0.15) is 0 Å². The van der Waals surface area contributed by atoms with Crippen LogP contribution in [0, 0.1) is 10.4 Å². The first kappa shape index (κ1) is 15.0. The Hall–Kier alpha value is -1.36. The normalized spacial score (nSPS) is 13.8. The average Bonchev–Trinajstić information content (AvgIpc) is 2.34. The summed E-state index contributed by atoms with van der Waals surface area (Å²) in [7, 11) is 0. The molecule has 1 aromatic carbocycles. The molecule has 2 aliphatic rings. The Kier molecular flexibility index (Phi) is 4.81. The van der Waals surface area contributed by atoms with Crippen molar-refractivity contribution in [2.75, 3.05) is 6.61 Å². The molecule has 0 radical (unpaired) electrons. The predicted molar refractivity (Wildman–Crippen MR) is 81.2 cm³/mol. The third-order valence-electron chi connectivity index (χ3n) is 2.93. The zero-order chi connectivity index (χ0) is 14.6. The molecule has 0 fully saturated rings. The molecule has 0 saturated carbocycles. The van der Waals surface area contributed by atoms with E-state index in [1.165, 1.54) is 17.4 Å². The van der Waals surface area contributed by atoms with E-state index in [9.17, 15) is 5.11 Å². The standard InChI is InChI=1S/C10H13BrO3.C6H4/c1-10(13,5-6-12)14-9-4-2-3-8(11)7-9;1-2-6-4-3-5(1)6/h2-4,7,12-13H,5-6H2,1H3;1-4H. The molecule has 0 spiro atoms. The molecule has 3 rings (SSSR count). The van der Waals surface area contributed by atoms with Crippen molar-refractivity contribution in [2.45, 2.75) is 19.1 Å². The van der Waals surface area contributed by atoms with Crippen LogP contribution in [0.4, 0.5) is 0 Å². The van der Waals surface area contributed by atoms with Gasteiger partial charge in [-0.05, 0) is 28.6 Å². The first-order chi connectivity index (χ1) is 9.50. The molecule has 1 atom stereocenters. The molecule has 0 amide bonds. The Morgan fingerprint density at radius 1 is 1.10 bits per heavy atom. The fourth-order valence-electron chi connectivity index (χ4n) is 1.71. The third kappa shape index (κ3) is 4.07. The van der Waals surface area contributed by atoms with Crippen molar-refractivity contribution in [3.05, 3.63) is 63.4 Å². The molecular formula is C16H17BrO3. The van der Waals surface area contributed by atoms with Crippen molar-refractivity contribution >= 4 is 15.9 Å². The molecule has 4 heteroatoms. The number of halogens is 1. The van der Waals surface area contributed by atoms with Crippen molar-refractivity contribution < 1.29 is 14.9 Å². The maximum atomic E-state index is 9.66. The van der Waals surface area contributed by atoms with Crippen LogP contribution in [0.15, 0.2) is 53.0 Å². The molecule has 1 unspecified atom stereocenters. The molecule has 1 aromatic rings. The van der Waals surface area contributed by atoms with E-state index in [2.05, 4.69) is 40.2 Å². The van der Waals surface area contributed by atoms with E-state index in [-0.39, 0.29) is 13.0 Å². The summed E-state index contributed by atoms with van der Waals surface area (Å²) >= 11 is 3.30. The van der Waals surface area contributed by atoms with E-state index in [4.69, 9.17) is 9.84 Å². The Balaban J connectivity index is 0.000000198. The van der Waals surface area contributed by atoms with Crippen LogP contribution in [0.1, 0.15) is 13.3 Å². The van der Waals surface area contributed by atoms with Crippen molar-refractivity contribution in [3.8, 4) is 5.75 Å². The van der Waals surface area contributed by atoms with Crippen molar-refractivity contribution in [2.24, 2.45) is 0 Å². The Morgan fingerprint density at radius 2 is 1.70 bits per heavy atom. The lowest BCUT2D eigenvalue weighted by molar-refractivity contribution is -0.132. The van der Waals surface area contributed by atoms with Gasteiger partial charge in [0.05, 0.1) is 0 Å². The highest BCUT2D eigenvalue weighted by Gasteiger charge is 2.21. The Bertz CT molecular complexity index is 617. The number of hydrogen-bond acceptors (Lipinski definition) is 3.